The second-order valence-corrected chi connectivity index (χ2v) is 6.32. The van der Waals surface area contributed by atoms with Crippen LogP contribution in [0.25, 0.3) is 0 Å². The zero-order chi connectivity index (χ0) is 16.5. The molecule has 0 saturated heterocycles. The van der Waals surface area contributed by atoms with Crippen molar-refractivity contribution in [1.82, 2.24) is 4.90 Å². The van der Waals surface area contributed by atoms with E-state index in [-0.39, 0.29) is 6.04 Å². The van der Waals surface area contributed by atoms with Crippen molar-refractivity contribution in [2.75, 3.05) is 6.54 Å². The average molecular weight is 303 g/mol. The number of hydrogen-bond acceptors (Lipinski definition) is 1. The zero-order valence-corrected chi connectivity index (χ0v) is 14.2. The zero-order valence-electron chi connectivity index (χ0n) is 14.2. The number of rotatable bonds is 8. The van der Waals surface area contributed by atoms with Gasteiger partial charge >= 0.3 is 6.09 Å². The molecule has 122 valence electrons. The van der Waals surface area contributed by atoms with E-state index in [2.05, 4.69) is 26.8 Å². The molecule has 2 atom stereocenters. The van der Waals surface area contributed by atoms with Crippen LogP contribution in [0.3, 0.4) is 0 Å². The number of allylic oxidation sites excluding steroid dienone is 2. The monoisotopic (exact) mass is 303 g/mol. The van der Waals surface area contributed by atoms with Crippen molar-refractivity contribution < 1.29 is 9.90 Å². The number of hydrogen-bond donors (Lipinski definition) is 1. The Hall–Kier alpha value is -1.77. The summed E-state index contributed by atoms with van der Waals surface area (Å²) in [6, 6.07) is 9.72. The van der Waals surface area contributed by atoms with Gasteiger partial charge in [0.05, 0.1) is 6.04 Å². The van der Waals surface area contributed by atoms with Gasteiger partial charge in [0.15, 0.2) is 0 Å². The Kier molecular flexibility index (Phi) is 7.72. The van der Waals surface area contributed by atoms with Gasteiger partial charge in [-0.25, -0.2) is 4.79 Å². The molecule has 1 rings (SSSR count). The van der Waals surface area contributed by atoms with Gasteiger partial charge in [-0.2, -0.15) is 0 Å². The van der Waals surface area contributed by atoms with Gasteiger partial charge in [0.2, 0.25) is 0 Å². The molecule has 1 amide bonds. The quantitative estimate of drug-likeness (QED) is 0.644. The lowest BCUT2D eigenvalue weighted by molar-refractivity contribution is 0.124. The van der Waals surface area contributed by atoms with Crippen LogP contribution in [0, 0.1) is 5.92 Å². The van der Waals surface area contributed by atoms with E-state index >= 15 is 0 Å². The summed E-state index contributed by atoms with van der Waals surface area (Å²) in [7, 11) is 0. The van der Waals surface area contributed by atoms with Crippen LogP contribution in [0.15, 0.2) is 42.0 Å². The Morgan fingerprint density at radius 2 is 1.82 bits per heavy atom. The first-order valence-electron chi connectivity index (χ1n) is 8.09. The summed E-state index contributed by atoms with van der Waals surface area (Å²) >= 11 is 0. The van der Waals surface area contributed by atoms with Crippen molar-refractivity contribution in [2.24, 2.45) is 5.92 Å². The molecule has 0 bridgehead atoms. The predicted molar refractivity (Wildman–Crippen MR) is 92.0 cm³/mol. The van der Waals surface area contributed by atoms with E-state index < -0.39 is 6.09 Å². The Morgan fingerprint density at radius 3 is 2.36 bits per heavy atom. The molecule has 0 aliphatic heterocycles. The van der Waals surface area contributed by atoms with Gasteiger partial charge < -0.3 is 10.0 Å². The predicted octanol–water partition coefficient (Wildman–Crippen LogP) is 5.50. The fourth-order valence-electron chi connectivity index (χ4n) is 2.53. The Labute approximate surface area is 134 Å². The Bertz CT molecular complexity index is 477. The SMILES string of the molecule is CC(C)=CCCC(C)CCN(C(=O)O)[C@@H](C)c1ccccc1. The van der Waals surface area contributed by atoms with E-state index in [0.717, 1.165) is 24.8 Å². The first-order valence-corrected chi connectivity index (χ1v) is 8.09. The van der Waals surface area contributed by atoms with E-state index in [1.165, 1.54) is 5.57 Å². The van der Waals surface area contributed by atoms with Crippen molar-refractivity contribution in [2.45, 2.75) is 53.0 Å². The molecule has 0 fully saturated rings. The van der Waals surface area contributed by atoms with Crippen LogP contribution in [0.2, 0.25) is 0 Å². The summed E-state index contributed by atoms with van der Waals surface area (Å²) < 4.78 is 0. The molecule has 22 heavy (non-hydrogen) atoms. The summed E-state index contributed by atoms with van der Waals surface area (Å²) in [5.41, 5.74) is 2.39. The fraction of sp³-hybridized carbons (Fsp3) is 0.526. The smallest absolute Gasteiger partial charge is 0.407 e. The lowest BCUT2D eigenvalue weighted by atomic mass is 9.99. The maximum atomic E-state index is 11.5. The van der Waals surface area contributed by atoms with Crippen LogP contribution in [0.5, 0.6) is 0 Å². The van der Waals surface area contributed by atoms with Crippen LogP contribution in [-0.4, -0.2) is 22.6 Å². The van der Waals surface area contributed by atoms with Crippen molar-refractivity contribution in [3.63, 3.8) is 0 Å². The molecule has 3 nitrogen and oxygen atoms in total. The van der Waals surface area contributed by atoms with E-state index in [1.807, 2.05) is 37.3 Å². The Morgan fingerprint density at radius 1 is 1.18 bits per heavy atom. The third-order valence-corrected chi connectivity index (χ3v) is 4.07. The third kappa shape index (κ3) is 6.33. The highest BCUT2D eigenvalue weighted by Gasteiger charge is 2.20. The minimum absolute atomic E-state index is 0.108. The topological polar surface area (TPSA) is 40.5 Å². The first-order chi connectivity index (χ1) is 10.4. The van der Waals surface area contributed by atoms with Gasteiger partial charge in [0.25, 0.3) is 0 Å². The van der Waals surface area contributed by atoms with E-state index in [0.29, 0.717) is 12.5 Å². The van der Waals surface area contributed by atoms with Gasteiger partial charge in [-0.05, 0) is 51.5 Å². The highest BCUT2D eigenvalue weighted by Crippen LogP contribution is 2.22. The van der Waals surface area contributed by atoms with Crippen LogP contribution in [0.4, 0.5) is 4.79 Å². The number of amides is 1. The molecule has 1 aromatic rings. The largest absolute Gasteiger partial charge is 0.465 e. The van der Waals surface area contributed by atoms with E-state index in [4.69, 9.17) is 0 Å². The minimum atomic E-state index is -0.840. The molecule has 0 heterocycles. The summed E-state index contributed by atoms with van der Waals surface area (Å²) in [6.07, 6.45) is 4.49. The summed E-state index contributed by atoms with van der Waals surface area (Å²) in [6.45, 7) is 8.96. The molecular formula is C19H29NO2. The summed E-state index contributed by atoms with van der Waals surface area (Å²) in [5.74, 6) is 0.528. The molecule has 3 heteroatoms. The average Bonchev–Trinajstić information content (AvgIpc) is 2.47. The van der Waals surface area contributed by atoms with Crippen LogP contribution in [-0.2, 0) is 0 Å². The van der Waals surface area contributed by atoms with Crippen LogP contribution < -0.4 is 0 Å². The molecule has 0 radical (unpaired) electrons. The van der Waals surface area contributed by atoms with Crippen LogP contribution in [0.1, 0.15) is 58.6 Å². The number of nitrogens with zero attached hydrogens (tertiary/aromatic N) is 1. The molecule has 0 aliphatic carbocycles. The van der Waals surface area contributed by atoms with Gasteiger partial charge in [-0.15, -0.1) is 0 Å². The molecule has 0 aromatic heterocycles. The highest BCUT2D eigenvalue weighted by molar-refractivity contribution is 5.65. The van der Waals surface area contributed by atoms with Gasteiger partial charge in [0, 0.05) is 6.54 Å². The van der Waals surface area contributed by atoms with Crippen molar-refractivity contribution >= 4 is 6.09 Å². The van der Waals surface area contributed by atoms with E-state index in [1.54, 1.807) is 4.90 Å². The molecule has 0 spiro atoms. The second kappa shape index (κ2) is 9.29. The molecule has 0 aliphatic rings. The second-order valence-electron chi connectivity index (χ2n) is 6.32. The lowest BCUT2D eigenvalue weighted by Crippen LogP contribution is -2.33. The summed E-state index contributed by atoms with van der Waals surface area (Å²) in [5, 5.41) is 9.48. The lowest BCUT2D eigenvalue weighted by Gasteiger charge is -2.28. The molecule has 1 N–H and O–H groups in total. The standard InChI is InChI=1S/C19H29NO2/c1-15(2)9-8-10-16(3)13-14-20(19(21)22)17(4)18-11-6-5-7-12-18/h5-7,9,11-12,16-17H,8,10,13-14H2,1-4H3,(H,21,22)/t16?,17-/m0/s1. The molecule has 1 aromatic carbocycles. The molecule has 1 unspecified atom stereocenters. The fourth-order valence-corrected chi connectivity index (χ4v) is 2.53. The first kappa shape index (κ1) is 18.3. The highest BCUT2D eigenvalue weighted by atomic mass is 16.4. The van der Waals surface area contributed by atoms with Gasteiger partial charge in [0.1, 0.15) is 0 Å². The summed E-state index contributed by atoms with van der Waals surface area (Å²) in [4.78, 5) is 13.1. The normalized spacial score (nSPS) is 13.3. The van der Waals surface area contributed by atoms with Crippen molar-refractivity contribution in [3.8, 4) is 0 Å². The van der Waals surface area contributed by atoms with Crippen molar-refractivity contribution in [1.29, 1.82) is 0 Å². The third-order valence-electron chi connectivity index (χ3n) is 4.07. The van der Waals surface area contributed by atoms with Gasteiger partial charge in [-0.1, -0.05) is 48.9 Å². The number of carbonyl (C=O) groups is 1. The van der Waals surface area contributed by atoms with Crippen molar-refractivity contribution in [3.05, 3.63) is 47.5 Å². The maximum absolute atomic E-state index is 11.5. The van der Waals surface area contributed by atoms with Gasteiger partial charge in [-0.3, -0.25) is 0 Å². The Balaban J connectivity index is 2.54. The minimum Gasteiger partial charge on any atom is -0.465 e. The van der Waals surface area contributed by atoms with E-state index in [9.17, 15) is 9.90 Å². The number of carboxylic acid groups (broad SMARTS) is 1. The maximum Gasteiger partial charge on any atom is 0.407 e. The van der Waals surface area contributed by atoms with Crippen LogP contribution >= 0.6 is 0 Å². The molecular weight excluding hydrogens is 274 g/mol. The molecule has 0 saturated carbocycles. The number of benzene rings is 1.